The van der Waals surface area contributed by atoms with Crippen LogP contribution < -0.4 is 5.73 Å². The molecule has 1 atom stereocenters. The molecular formula is C18H28N2O2. The van der Waals surface area contributed by atoms with Crippen molar-refractivity contribution in [1.82, 2.24) is 4.90 Å². The maximum atomic E-state index is 12.3. The van der Waals surface area contributed by atoms with E-state index in [0.717, 1.165) is 32.4 Å². The van der Waals surface area contributed by atoms with Crippen molar-refractivity contribution in [2.75, 3.05) is 26.7 Å². The molecule has 1 unspecified atom stereocenters. The number of carbonyl (C=O) groups excluding carboxylic acids is 1. The van der Waals surface area contributed by atoms with Crippen LogP contribution in [0.1, 0.15) is 38.2 Å². The van der Waals surface area contributed by atoms with E-state index in [1.54, 1.807) is 7.11 Å². The van der Waals surface area contributed by atoms with Crippen molar-refractivity contribution in [3.8, 4) is 0 Å². The second kappa shape index (κ2) is 7.75. The lowest BCUT2D eigenvalue weighted by Gasteiger charge is -2.41. The minimum absolute atomic E-state index is 0.0257. The minimum atomic E-state index is 0.0257. The monoisotopic (exact) mass is 304 g/mol. The van der Waals surface area contributed by atoms with E-state index in [4.69, 9.17) is 10.5 Å². The highest BCUT2D eigenvalue weighted by atomic mass is 16.5. The average Bonchev–Trinajstić information content (AvgIpc) is 2.60. The lowest BCUT2D eigenvalue weighted by molar-refractivity contribution is -0.133. The average molecular weight is 304 g/mol. The summed E-state index contributed by atoms with van der Waals surface area (Å²) < 4.78 is 5.21. The van der Waals surface area contributed by atoms with Gasteiger partial charge in [-0.15, -0.1) is 0 Å². The van der Waals surface area contributed by atoms with Crippen LogP contribution in [0.2, 0.25) is 0 Å². The topological polar surface area (TPSA) is 55.6 Å². The van der Waals surface area contributed by atoms with Crippen LogP contribution in [0.3, 0.4) is 0 Å². The Labute approximate surface area is 133 Å². The number of methoxy groups -OCH3 is 1. The molecule has 0 aromatic heterocycles. The number of rotatable bonds is 6. The quantitative estimate of drug-likeness (QED) is 0.877. The fourth-order valence-electron chi connectivity index (χ4n) is 3.19. The van der Waals surface area contributed by atoms with E-state index < -0.39 is 0 Å². The molecule has 1 aromatic rings. The van der Waals surface area contributed by atoms with Crippen LogP contribution in [-0.2, 0) is 14.9 Å². The zero-order valence-electron chi connectivity index (χ0n) is 13.8. The first-order valence-corrected chi connectivity index (χ1v) is 8.17. The maximum Gasteiger partial charge on any atom is 0.222 e. The van der Waals surface area contributed by atoms with E-state index in [0.29, 0.717) is 13.0 Å². The zero-order valence-corrected chi connectivity index (χ0v) is 13.8. The van der Waals surface area contributed by atoms with Gasteiger partial charge in [0.05, 0.1) is 6.10 Å². The number of piperidine rings is 1. The van der Waals surface area contributed by atoms with Crippen LogP contribution in [0, 0.1) is 0 Å². The van der Waals surface area contributed by atoms with Crippen molar-refractivity contribution in [2.45, 2.75) is 44.1 Å². The Balaban J connectivity index is 1.93. The molecule has 4 nitrogen and oxygen atoms in total. The van der Waals surface area contributed by atoms with Crippen molar-refractivity contribution in [3.63, 3.8) is 0 Å². The number of ether oxygens (including phenoxy) is 1. The third-order valence-electron chi connectivity index (χ3n) is 5.02. The van der Waals surface area contributed by atoms with Gasteiger partial charge in [0.2, 0.25) is 5.91 Å². The molecule has 1 saturated heterocycles. The number of carbonyl (C=O) groups is 1. The van der Waals surface area contributed by atoms with Gasteiger partial charge in [-0.05, 0) is 31.7 Å². The molecule has 1 fully saturated rings. The summed E-state index contributed by atoms with van der Waals surface area (Å²) in [6.07, 6.45) is 3.38. The van der Waals surface area contributed by atoms with Crippen LogP contribution >= 0.6 is 0 Å². The standard InChI is InChI=1S/C18H28N2O2/c1-15(22-2)8-9-17(21)20-12-10-18(14-19,11-13-20)16-6-4-3-5-7-16/h3-7,15H,8-14,19H2,1-2H3. The molecule has 2 rings (SSSR count). The summed E-state index contributed by atoms with van der Waals surface area (Å²) >= 11 is 0. The largest absolute Gasteiger partial charge is 0.382 e. The molecule has 22 heavy (non-hydrogen) atoms. The molecule has 4 heteroatoms. The molecule has 0 radical (unpaired) electrons. The van der Waals surface area contributed by atoms with Crippen LogP contribution in [0.5, 0.6) is 0 Å². The molecule has 1 heterocycles. The van der Waals surface area contributed by atoms with E-state index in [-0.39, 0.29) is 17.4 Å². The number of likely N-dealkylation sites (tertiary alicyclic amines) is 1. The summed E-state index contributed by atoms with van der Waals surface area (Å²) in [5, 5.41) is 0. The fourth-order valence-corrected chi connectivity index (χ4v) is 3.19. The number of hydrogen-bond acceptors (Lipinski definition) is 3. The second-order valence-electron chi connectivity index (χ2n) is 6.32. The highest BCUT2D eigenvalue weighted by molar-refractivity contribution is 5.76. The molecular weight excluding hydrogens is 276 g/mol. The first-order chi connectivity index (χ1) is 10.6. The molecule has 0 aliphatic carbocycles. The van der Waals surface area contributed by atoms with Gasteiger partial charge in [-0.3, -0.25) is 4.79 Å². The third-order valence-corrected chi connectivity index (χ3v) is 5.02. The van der Waals surface area contributed by atoms with Gasteiger partial charge in [-0.25, -0.2) is 0 Å². The van der Waals surface area contributed by atoms with Crippen LogP contribution in [0.15, 0.2) is 30.3 Å². The highest BCUT2D eigenvalue weighted by Gasteiger charge is 2.36. The first-order valence-electron chi connectivity index (χ1n) is 8.17. The maximum absolute atomic E-state index is 12.3. The Morgan fingerprint density at radius 1 is 1.32 bits per heavy atom. The fraction of sp³-hybridized carbons (Fsp3) is 0.611. The molecule has 122 valence electrons. The number of amides is 1. The van der Waals surface area contributed by atoms with Gasteiger partial charge < -0.3 is 15.4 Å². The molecule has 0 spiro atoms. The minimum Gasteiger partial charge on any atom is -0.382 e. The normalized spacial score (nSPS) is 19.0. The predicted octanol–water partition coefficient (Wildman–Crippen LogP) is 2.32. The summed E-state index contributed by atoms with van der Waals surface area (Å²) in [6.45, 7) is 4.23. The molecule has 1 aromatic carbocycles. The van der Waals surface area contributed by atoms with Crippen molar-refractivity contribution >= 4 is 5.91 Å². The number of nitrogens with two attached hydrogens (primary N) is 1. The van der Waals surface area contributed by atoms with Crippen molar-refractivity contribution < 1.29 is 9.53 Å². The van der Waals surface area contributed by atoms with Crippen LogP contribution in [0.25, 0.3) is 0 Å². The highest BCUT2D eigenvalue weighted by Crippen LogP contribution is 2.34. The van der Waals surface area contributed by atoms with E-state index in [1.807, 2.05) is 17.9 Å². The van der Waals surface area contributed by atoms with Crippen molar-refractivity contribution in [2.24, 2.45) is 5.73 Å². The van der Waals surface area contributed by atoms with Gasteiger partial charge in [0.15, 0.2) is 0 Å². The number of hydrogen-bond donors (Lipinski definition) is 1. The third kappa shape index (κ3) is 3.87. The Bertz CT molecular complexity index is 467. The predicted molar refractivity (Wildman–Crippen MR) is 88.7 cm³/mol. The summed E-state index contributed by atoms with van der Waals surface area (Å²) in [5.74, 6) is 0.239. The summed E-state index contributed by atoms with van der Waals surface area (Å²) in [4.78, 5) is 14.3. The second-order valence-corrected chi connectivity index (χ2v) is 6.32. The Morgan fingerprint density at radius 3 is 2.50 bits per heavy atom. The molecule has 0 saturated carbocycles. The summed E-state index contributed by atoms with van der Waals surface area (Å²) in [6, 6.07) is 10.5. The van der Waals surface area contributed by atoms with Gasteiger partial charge in [-0.2, -0.15) is 0 Å². The zero-order chi connectivity index (χ0) is 16.0. The molecule has 0 bridgehead atoms. The van der Waals surface area contributed by atoms with Crippen molar-refractivity contribution in [1.29, 1.82) is 0 Å². The van der Waals surface area contributed by atoms with E-state index in [2.05, 4.69) is 24.3 Å². The number of benzene rings is 1. The molecule has 1 aliphatic rings. The lowest BCUT2D eigenvalue weighted by atomic mass is 9.73. The van der Waals surface area contributed by atoms with Crippen LogP contribution in [0.4, 0.5) is 0 Å². The molecule has 2 N–H and O–H groups in total. The van der Waals surface area contributed by atoms with Gasteiger partial charge in [0, 0.05) is 38.6 Å². The molecule has 1 aliphatic heterocycles. The van der Waals surface area contributed by atoms with Gasteiger partial charge in [0.25, 0.3) is 0 Å². The Morgan fingerprint density at radius 2 is 1.95 bits per heavy atom. The number of nitrogens with zero attached hydrogens (tertiary/aromatic N) is 1. The SMILES string of the molecule is COC(C)CCC(=O)N1CCC(CN)(c2ccccc2)CC1. The summed E-state index contributed by atoms with van der Waals surface area (Å²) in [7, 11) is 1.69. The van der Waals surface area contributed by atoms with E-state index in [1.165, 1.54) is 5.56 Å². The summed E-state index contributed by atoms with van der Waals surface area (Å²) in [5.41, 5.74) is 7.42. The van der Waals surface area contributed by atoms with Crippen molar-refractivity contribution in [3.05, 3.63) is 35.9 Å². The van der Waals surface area contributed by atoms with E-state index >= 15 is 0 Å². The first kappa shape index (κ1) is 17.0. The molecule has 1 amide bonds. The smallest absolute Gasteiger partial charge is 0.222 e. The Kier molecular flexibility index (Phi) is 5.98. The van der Waals surface area contributed by atoms with Gasteiger partial charge in [0.1, 0.15) is 0 Å². The lowest BCUT2D eigenvalue weighted by Crippen LogP contribution is -2.48. The van der Waals surface area contributed by atoms with E-state index in [9.17, 15) is 4.79 Å². The van der Waals surface area contributed by atoms with Gasteiger partial charge >= 0.3 is 0 Å². The van der Waals surface area contributed by atoms with Gasteiger partial charge in [-0.1, -0.05) is 30.3 Å². The Hall–Kier alpha value is -1.39. The van der Waals surface area contributed by atoms with Crippen LogP contribution in [-0.4, -0.2) is 43.7 Å².